The minimum atomic E-state index is 0.464. The first-order chi connectivity index (χ1) is 11.7. The number of para-hydroxylation sites is 2. The maximum absolute atomic E-state index is 5.43. The lowest BCUT2D eigenvalue weighted by Crippen LogP contribution is -2.39. The van der Waals surface area contributed by atoms with Crippen molar-refractivity contribution in [3.8, 4) is 5.75 Å². The van der Waals surface area contributed by atoms with Crippen molar-refractivity contribution >= 4 is 11.5 Å². The molecule has 1 fully saturated rings. The van der Waals surface area contributed by atoms with E-state index < -0.39 is 0 Å². The Morgan fingerprint density at radius 2 is 1.96 bits per heavy atom. The maximum Gasteiger partial charge on any atom is 0.141 e. The number of nitrogens with one attached hydrogen (secondary N) is 1. The predicted octanol–water partition coefficient (Wildman–Crippen LogP) is 3.44. The zero-order valence-electron chi connectivity index (χ0n) is 14.7. The SMILES string of the molecule is CCc1cc(N2CCC(Nc3ccccc3OC)CC2)nc(C)n1. The molecule has 3 rings (SSSR count). The molecule has 0 radical (unpaired) electrons. The van der Waals surface area contributed by atoms with Crippen molar-refractivity contribution in [2.45, 2.75) is 39.2 Å². The van der Waals surface area contributed by atoms with E-state index in [1.807, 2.05) is 25.1 Å². The number of aryl methyl sites for hydroxylation is 2. The van der Waals surface area contributed by atoms with Crippen molar-refractivity contribution in [1.29, 1.82) is 0 Å². The van der Waals surface area contributed by atoms with Gasteiger partial charge >= 0.3 is 0 Å². The van der Waals surface area contributed by atoms with Gasteiger partial charge in [0.25, 0.3) is 0 Å². The number of methoxy groups -OCH3 is 1. The highest BCUT2D eigenvalue weighted by molar-refractivity contribution is 5.57. The third kappa shape index (κ3) is 3.78. The first-order valence-corrected chi connectivity index (χ1v) is 8.68. The van der Waals surface area contributed by atoms with Gasteiger partial charge in [-0.2, -0.15) is 0 Å². The quantitative estimate of drug-likeness (QED) is 0.912. The Hall–Kier alpha value is -2.30. The lowest BCUT2D eigenvalue weighted by molar-refractivity contribution is 0.415. The fraction of sp³-hybridized carbons (Fsp3) is 0.474. The predicted molar refractivity (Wildman–Crippen MR) is 98.0 cm³/mol. The molecular formula is C19H26N4O. The average molecular weight is 326 g/mol. The first kappa shape index (κ1) is 16.6. The Balaban J connectivity index is 1.62. The summed E-state index contributed by atoms with van der Waals surface area (Å²) in [5.74, 6) is 2.83. The van der Waals surface area contributed by atoms with E-state index in [-0.39, 0.29) is 0 Å². The van der Waals surface area contributed by atoms with Gasteiger partial charge < -0.3 is 15.0 Å². The van der Waals surface area contributed by atoms with Gasteiger partial charge in [0.05, 0.1) is 12.8 Å². The zero-order valence-corrected chi connectivity index (χ0v) is 14.7. The molecule has 0 bridgehead atoms. The minimum Gasteiger partial charge on any atom is -0.495 e. The molecule has 2 aromatic rings. The van der Waals surface area contributed by atoms with Crippen molar-refractivity contribution in [3.63, 3.8) is 0 Å². The van der Waals surface area contributed by atoms with Crippen molar-refractivity contribution < 1.29 is 4.74 Å². The van der Waals surface area contributed by atoms with Crippen LogP contribution in [-0.2, 0) is 6.42 Å². The van der Waals surface area contributed by atoms with E-state index in [0.717, 1.165) is 61.1 Å². The van der Waals surface area contributed by atoms with Crippen molar-refractivity contribution in [2.75, 3.05) is 30.4 Å². The lowest BCUT2D eigenvalue weighted by atomic mass is 10.0. The van der Waals surface area contributed by atoms with Crippen LogP contribution in [0.5, 0.6) is 5.75 Å². The summed E-state index contributed by atoms with van der Waals surface area (Å²) in [5, 5.41) is 3.62. The molecule has 1 saturated heterocycles. The normalized spacial score (nSPS) is 15.4. The number of nitrogens with zero attached hydrogens (tertiary/aromatic N) is 3. The molecule has 0 saturated carbocycles. The second-order valence-corrected chi connectivity index (χ2v) is 6.22. The number of piperidine rings is 1. The van der Waals surface area contributed by atoms with Gasteiger partial charge in [-0.05, 0) is 38.3 Å². The summed E-state index contributed by atoms with van der Waals surface area (Å²) in [6, 6.07) is 10.7. The number of anilines is 2. The van der Waals surface area contributed by atoms with Crippen LogP contribution in [0.2, 0.25) is 0 Å². The number of aromatic nitrogens is 2. The molecule has 1 N–H and O–H groups in total. The smallest absolute Gasteiger partial charge is 0.141 e. The van der Waals surface area contributed by atoms with E-state index in [4.69, 9.17) is 4.74 Å². The Morgan fingerprint density at radius 3 is 2.67 bits per heavy atom. The Morgan fingerprint density at radius 1 is 1.21 bits per heavy atom. The second kappa shape index (κ2) is 7.51. The number of benzene rings is 1. The van der Waals surface area contributed by atoms with Gasteiger partial charge in [0.1, 0.15) is 17.4 Å². The highest BCUT2D eigenvalue weighted by Gasteiger charge is 2.21. The fourth-order valence-corrected chi connectivity index (χ4v) is 3.19. The first-order valence-electron chi connectivity index (χ1n) is 8.68. The molecule has 24 heavy (non-hydrogen) atoms. The number of rotatable bonds is 5. The third-order valence-electron chi connectivity index (χ3n) is 4.53. The largest absolute Gasteiger partial charge is 0.495 e. The Kier molecular flexibility index (Phi) is 5.18. The van der Waals surface area contributed by atoms with Crippen molar-refractivity contribution in [3.05, 3.63) is 41.9 Å². The summed E-state index contributed by atoms with van der Waals surface area (Å²) < 4.78 is 5.43. The molecule has 2 heterocycles. The fourth-order valence-electron chi connectivity index (χ4n) is 3.19. The molecule has 1 aliphatic heterocycles. The highest BCUT2D eigenvalue weighted by Crippen LogP contribution is 2.27. The summed E-state index contributed by atoms with van der Waals surface area (Å²) in [5.41, 5.74) is 2.19. The van der Waals surface area contributed by atoms with E-state index in [9.17, 15) is 0 Å². The molecule has 1 aromatic heterocycles. The van der Waals surface area contributed by atoms with E-state index in [2.05, 4.69) is 39.2 Å². The van der Waals surface area contributed by atoms with E-state index in [1.165, 1.54) is 0 Å². The van der Waals surface area contributed by atoms with Crippen LogP contribution < -0.4 is 15.0 Å². The standard InChI is InChI=1S/C19H26N4O/c1-4-15-13-19(21-14(2)20-15)23-11-9-16(10-12-23)22-17-7-5-6-8-18(17)24-3/h5-8,13,16,22H,4,9-12H2,1-3H3. The maximum atomic E-state index is 5.43. The second-order valence-electron chi connectivity index (χ2n) is 6.22. The van der Waals surface area contributed by atoms with Crippen LogP contribution in [0.3, 0.4) is 0 Å². The monoisotopic (exact) mass is 326 g/mol. The van der Waals surface area contributed by atoms with Gasteiger partial charge in [-0.25, -0.2) is 9.97 Å². The van der Waals surface area contributed by atoms with Crippen LogP contribution in [0, 0.1) is 6.92 Å². The van der Waals surface area contributed by atoms with Gasteiger partial charge in [0.2, 0.25) is 0 Å². The van der Waals surface area contributed by atoms with E-state index >= 15 is 0 Å². The van der Waals surface area contributed by atoms with E-state index in [1.54, 1.807) is 7.11 Å². The molecule has 0 aliphatic carbocycles. The van der Waals surface area contributed by atoms with Crippen LogP contribution in [-0.4, -0.2) is 36.2 Å². The number of ether oxygens (including phenoxy) is 1. The summed E-state index contributed by atoms with van der Waals surface area (Å²) >= 11 is 0. The topological polar surface area (TPSA) is 50.3 Å². The van der Waals surface area contributed by atoms with Gasteiger partial charge in [0.15, 0.2) is 0 Å². The molecule has 128 valence electrons. The molecule has 1 aliphatic rings. The van der Waals surface area contributed by atoms with Gasteiger partial charge in [-0.1, -0.05) is 19.1 Å². The molecule has 0 amide bonds. The average Bonchev–Trinajstić information content (AvgIpc) is 2.62. The van der Waals surface area contributed by atoms with Crippen LogP contribution in [0.25, 0.3) is 0 Å². The van der Waals surface area contributed by atoms with Crippen LogP contribution in [0.15, 0.2) is 30.3 Å². The summed E-state index contributed by atoms with van der Waals surface area (Å²) in [6.07, 6.45) is 3.12. The summed E-state index contributed by atoms with van der Waals surface area (Å²) in [6.45, 7) is 6.12. The number of hydrogen-bond donors (Lipinski definition) is 1. The Bertz CT molecular complexity index is 681. The molecule has 0 atom stereocenters. The molecule has 5 nitrogen and oxygen atoms in total. The summed E-state index contributed by atoms with van der Waals surface area (Å²) in [7, 11) is 1.71. The molecular weight excluding hydrogens is 300 g/mol. The minimum absolute atomic E-state index is 0.464. The van der Waals surface area contributed by atoms with Crippen molar-refractivity contribution in [2.24, 2.45) is 0 Å². The van der Waals surface area contributed by atoms with Crippen LogP contribution in [0.1, 0.15) is 31.3 Å². The lowest BCUT2D eigenvalue weighted by Gasteiger charge is -2.34. The van der Waals surface area contributed by atoms with Gasteiger partial charge in [0, 0.05) is 30.9 Å². The molecule has 0 unspecified atom stereocenters. The van der Waals surface area contributed by atoms with Gasteiger partial charge in [-0.15, -0.1) is 0 Å². The highest BCUT2D eigenvalue weighted by atomic mass is 16.5. The number of hydrogen-bond acceptors (Lipinski definition) is 5. The molecule has 1 aromatic carbocycles. The van der Waals surface area contributed by atoms with Gasteiger partial charge in [-0.3, -0.25) is 0 Å². The zero-order chi connectivity index (χ0) is 16.9. The Labute approximate surface area is 144 Å². The van der Waals surface area contributed by atoms with Crippen molar-refractivity contribution in [1.82, 2.24) is 9.97 Å². The molecule has 5 heteroatoms. The molecule has 0 spiro atoms. The van der Waals surface area contributed by atoms with Crippen LogP contribution >= 0.6 is 0 Å². The third-order valence-corrected chi connectivity index (χ3v) is 4.53. The van der Waals surface area contributed by atoms with Crippen LogP contribution in [0.4, 0.5) is 11.5 Å². The summed E-state index contributed by atoms with van der Waals surface area (Å²) in [4.78, 5) is 11.5. The van der Waals surface area contributed by atoms with E-state index in [0.29, 0.717) is 6.04 Å².